The predicted molar refractivity (Wildman–Crippen MR) is 146 cm³/mol. The first kappa shape index (κ1) is 33.1. The number of esters is 2. The first-order valence-electron chi connectivity index (χ1n) is 12.4. The van der Waals surface area contributed by atoms with Crippen LogP contribution in [0.2, 0.25) is 0 Å². The van der Waals surface area contributed by atoms with Gasteiger partial charge in [0.15, 0.2) is 0 Å². The van der Waals surface area contributed by atoms with Gasteiger partial charge in [-0.3, -0.25) is 9.59 Å². The molecular weight excluding hydrogens is 512 g/mol. The summed E-state index contributed by atoms with van der Waals surface area (Å²) in [5.41, 5.74) is 0.0338. The topological polar surface area (TPSA) is 129 Å². The van der Waals surface area contributed by atoms with Crippen LogP contribution in [0, 0.1) is 5.92 Å². The highest BCUT2D eigenvalue weighted by Crippen LogP contribution is 2.30. The third-order valence-electron chi connectivity index (χ3n) is 5.39. The third kappa shape index (κ3) is 11.6. The molecule has 0 spiro atoms. The van der Waals surface area contributed by atoms with E-state index in [1.165, 1.54) is 14.2 Å². The average molecular weight is 555 g/mol. The van der Waals surface area contributed by atoms with Gasteiger partial charge in [0.25, 0.3) is 0 Å². The van der Waals surface area contributed by atoms with Gasteiger partial charge in [-0.15, -0.1) is 11.8 Å². The lowest BCUT2D eigenvalue weighted by molar-refractivity contribution is -0.144. The summed E-state index contributed by atoms with van der Waals surface area (Å²) >= 11 is 1.10. The van der Waals surface area contributed by atoms with Crippen LogP contribution in [-0.4, -0.2) is 67.5 Å². The lowest BCUT2D eigenvalue weighted by atomic mass is 9.89. The Morgan fingerprint density at radius 2 is 1.55 bits per heavy atom. The first-order chi connectivity index (χ1) is 17.6. The summed E-state index contributed by atoms with van der Waals surface area (Å²) in [6, 6.07) is 6.17. The van der Waals surface area contributed by atoms with Crippen LogP contribution >= 0.6 is 11.8 Å². The molecule has 2 amide bonds. The number of carbonyl (C=O) groups excluding carboxylic acids is 4. The maximum atomic E-state index is 13.4. The van der Waals surface area contributed by atoms with Gasteiger partial charge in [-0.05, 0) is 57.7 Å². The fourth-order valence-electron chi connectivity index (χ4n) is 3.55. The number of alkyl carbamates (subject to hydrolysis) is 1. The Hall–Kier alpha value is -2.95. The zero-order chi connectivity index (χ0) is 29.1. The van der Waals surface area contributed by atoms with Crippen LogP contribution in [0.1, 0.15) is 65.9 Å². The van der Waals surface area contributed by atoms with Crippen molar-refractivity contribution >= 4 is 35.7 Å². The van der Waals surface area contributed by atoms with Crippen LogP contribution in [-0.2, 0) is 28.6 Å². The fourth-order valence-corrected chi connectivity index (χ4v) is 4.68. The molecule has 0 aliphatic rings. The molecule has 0 aliphatic heterocycles. The van der Waals surface area contributed by atoms with Crippen molar-refractivity contribution in [3.63, 3.8) is 0 Å². The van der Waals surface area contributed by atoms with Crippen molar-refractivity contribution in [1.29, 1.82) is 0 Å². The maximum Gasteiger partial charge on any atom is 0.408 e. The minimum atomic E-state index is -1.19. The molecule has 0 aliphatic carbocycles. The van der Waals surface area contributed by atoms with Crippen LogP contribution in [0.5, 0.6) is 5.75 Å². The van der Waals surface area contributed by atoms with Crippen LogP contribution in [0.15, 0.2) is 24.3 Å². The fraction of sp³-hybridized carbons (Fsp3) is 0.630. The Labute approximate surface area is 229 Å². The summed E-state index contributed by atoms with van der Waals surface area (Å²) in [7, 11) is 4.04. The van der Waals surface area contributed by atoms with Crippen molar-refractivity contribution in [3.8, 4) is 5.75 Å². The highest BCUT2D eigenvalue weighted by molar-refractivity contribution is 8.00. The summed E-state index contributed by atoms with van der Waals surface area (Å²) in [4.78, 5) is 49.5. The van der Waals surface area contributed by atoms with Gasteiger partial charge in [0.1, 0.15) is 17.4 Å². The molecule has 0 radical (unpaired) electrons. The predicted octanol–water partition coefficient (Wildman–Crippen LogP) is 4.02. The van der Waals surface area contributed by atoms with E-state index in [2.05, 4.69) is 10.6 Å². The summed E-state index contributed by atoms with van der Waals surface area (Å²) in [6.07, 6.45) is -0.372. The Bertz CT molecular complexity index is 945. The molecule has 0 saturated carbocycles. The molecule has 1 aromatic rings. The van der Waals surface area contributed by atoms with Crippen LogP contribution in [0.4, 0.5) is 4.79 Å². The molecule has 0 bridgehead atoms. The van der Waals surface area contributed by atoms with Crippen LogP contribution in [0.3, 0.4) is 0 Å². The van der Waals surface area contributed by atoms with Crippen LogP contribution < -0.4 is 15.4 Å². The number of rotatable bonds is 13. The standard InChI is InChI=1S/C27H42N2O8S/c1-17(2)14-20(18-10-12-19(34-7)13-11-18)23(31)28-21(24(32)36-9)16-38-27(6,15-22(30)35-8)29-25(33)37-26(3,4)5/h10-13,17,20-21H,14-16H2,1-9H3,(H,28,31)(H,29,33)/t20-,21+,27+/m0/s1. The lowest BCUT2D eigenvalue weighted by Crippen LogP contribution is -2.50. The molecule has 214 valence electrons. The average Bonchev–Trinajstić information content (AvgIpc) is 2.82. The van der Waals surface area contributed by atoms with E-state index in [9.17, 15) is 19.2 Å². The van der Waals surface area contributed by atoms with E-state index in [1.807, 2.05) is 26.0 Å². The number of thioether (sulfide) groups is 1. The Kier molecular flexibility index (Phi) is 12.9. The van der Waals surface area contributed by atoms with E-state index in [4.69, 9.17) is 18.9 Å². The Morgan fingerprint density at radius 1 is 0.947 bits per heavy atom. The summed E-state index contributed by atoms with van der Waals surface area (Å²) < 4.78 is 20.3. The molecule has 0 unspecified atom stereocenters. The van der Waals surface area contributed by atoms with Crippen molar-refractivity contribution < 1.29 is 38.1 Å². The van der Waals surface area contributed by atoms with Gasteiger partial charge in [0, 0.05) is 5.75 Å². The van der Waals surface area contributed by atoms with Crippen molar-refractivity contribution in [1.82, 2.24) is 10.6 Å². The van der Waals surface area contributed by atoms with E-state index < -0.39 is 40.5 Å². The highest BCUT2D eigenvalue weighted by atomic mass is 32.2. The second-order valence-corrected chi connectivity index (χ2v) is 12.0. The third-order valence-corrected chi connectivity index (χ3v) is 6.77. The van der Waals surface area contributed by atoms with Crippen molar-refractivity contribution in [2.45, 2.75) is 76.8 Å². The number of benzene rings is 1. The molecule has 0 heterocycles. The molecule has 11 heteroatoms. The number of nitrogens with one attached hydrogen (secondary N) is 2. The van der Waals surface area contributed by atoms with E-state index in [-0.39, 0.29) is 24.0 Å². The number of hydrogen-bond acceptors (Lipinski definition) is 9. The first-order valence-corrected chi connectivity index (χ1v) is 13.4. The Morgan fingerprint density at radius 3 is 2.03 bits per heavy atom. The molecule has 0 fully saturated rings. The van der Waals surface area contributed by atoms with Gasteiger partial charge >= 0.3 is 18.0 Å². The normalized spacial score (nSPS) is 14.5. The van der Waals surface area contributed by atoms with Crippen molar-refractivity contribution in [3.05, 3.63) is 29.8 Å². The molecule has 1 rings (SSSR count). The minimum absolute atomic E-state index is 0.0126. The number of hydrogen-bond donors (Lipinski definition) is 2. The van der Waals surface area contributed by atoms with E-state index >= 15 is 0 Å². The number of carbonyl (C=O) groups is 4. The quantitative estimate of drug-likeness (QED) is 0.211. The van der Waals surface area contributed by atoms with Crippen molar-refractivity contribution in [2.24, 2.45) is 5.92 Å². The zero-order valence-electron chi connectivity index (χ0n) is 23.8. The van der Waals surface area contributed by atoms with E-state index in [0.29, 0.717) is 12.2 Å². The molecule has 3 atom stereocenters. The molecule has 2 N–H and O–H groups in total. The van der Waals surface area contributed by atoms with Crippen molar-refractivity contribution in [2.75, 3.05) is 27.1 Å². The monoisotopic (exact) mass is 554 g/mol. The largest absolute Gasteiger partial charge is 0.497 e. The van der Waals surface area contributed by atoms with Gasteiger partial charge in [0.05, 0.1) is 38.5 Å². The summed E-state index contributed by atoms with van der Waals surface area (Å²) in [5.74, 6) is -1.18. The van der Waals surface area contributed by atoms with E-state index in [0.717, 1.165) is 17.3 Å². The van der Waals surface area contributed by atoms with Gasteiger partial charge in [-0.2, -0.15) is 0 Å². The Balaban J connectivity index is 3.14. The zero-order valence-corrected chi connectivity index (χ0v) is 24.7. The number of amides is 2. The molecule has 0 aromatic heterocycles. The summed E-state index contributed by atoms with van der Waals surface area (Å²) in [6.45, 7) is 10.8. The van der Waals surface area contributed by atoms with Gasteiger partial charge in [-0.25, -0.2) is 9.59 Å². The minimum Gasteiger partial charge on any atom is -0.497 e. The SMILES string of the molecule is COC(=O)C[C@](C)(NC(=O)OC(C)(C)C)SC[C@@H](NC(=O)[C@@H](CC(C)C)c1ccc(OC)cc1)C(=O)OC. The molecule has 38 heavy (non-hydrogen) atoms. The lowest BCUT2D eigenvalue weighted by Gasteiger charge is -2.32. The van der Waals surface area contributed by atoms with Gasteiger partial charge < -0.3 is 29.6 Å². The molecule has 1 aromatic carbocycles. The summed E-state index contributed by atoms with van der Waals surface area (Å²) in [5, 5.41) is 5.50. The highest BCUT2D eigenvalue weighted by Gasteiger charge is 2.36. The molecule has 0 saturated heterocycles. The number of ether oxygens (including phenoxy) is 4. The number of methoxy groups -OCH3 is 3. The molecular formula is C27H42N2O8S. The second-order valence-electron chi connectivity index (χ2n) is 10.5. The molecule has 10 nitrogen and oxygen atoms in total. The smallest absolute Gasteiger partial charge is 0.408 e. The second kappa shape index (κ2) is 14.8. The van der Waals surface area contributed by atoms with E-state index in [1.54, 1.807) is 46.9 Å². The van der Waals surface area contributed by atoms with Gasteiger partial charge in [-0.1, -0.05) is 26.0 Å². The maximum absolute atomic E-state index is 13.4. The van der Waals surface area contributed by atoms with Gasteiger partial charge in [0.2, 0.25) is 5.91 Å². The van der Waals surface area contributed by atoms with Crippen LogP contribution in [0.25, 0.3) is 0 Å².